The lowest BCUT2D eigenvalue weighted by atomic mass is 10.1. The van der Waals surface area contributed by atoms with Gasteiger partial charge in [-0.2, -0.15) is 0 Å². The lowest BCUT2D eigenvalue weighted by molar-refractivity contribution is 0.0933. The number of rotatable bonds is 5. The molecule has 144 valence electrons. The number of pyridine rings is 1. The zero-order chi connectivity index (χ0) is 19.5. The second kappa shape index (κ2) is 8.17. The number of hydrogen-bond donors (Lipinski definition) is 2. The number of amides is 1. The van der Waals surface area contributed by atoms with E-state index in [1.165, 1.54) is 0 Å². The first kappa shape index (κ1) is 18.7. The predicted octanol–water partition coefficient (Wildman–Crippen LogP) is 3.75. The maximum atomic E-state index is 12.7. The van der Waals surface area contributed by atoms with Crippen LogP contribution in [0.25, 0.3) is 10.8 Å². The lowest BCUT2D eigenvalue weighted by Gasteiger charge is -2.29. The molecule has 1 unspecified atom stereocenters. The Bertz CT molecular complexity index is 1060. The van der Waals surface area contributed by atoms with Gasteiger partial charge in [-0.1, -0.05) is 48.0 Å². The average Bonchev–Trinajstić information content (AvgIpc) is 3.24. The highest BCUT2D eigenvalue weighted by atomic mass is 35.5. The van der Waals surface area contributed by atoms with Crippen molar-refractivity contribution < 1.29 is 4.79 Å². The maximum absolute atomic E-state index is 12.7. The molecule has 1 aliphatic rings. The Morgan fingerprint density at radius 1 is 1.11 bits per heavy atom. The highest BCUT2D eigenvalue weighted by molar-refractivity contribution is 6.31. The van der Waals surface area contributed by atoms with E-state index in [9.17, 15) is 9.59 Å². The van der Waals surface area contributed by atoms with Crippen LogP contribution in [0.2, 0.25) is 5.02 Å². The van der Waals surface area contributed by atoms with Crippen molar-refractivity contribution in [3.63, 3.8) is 0 Å². The second-order valence-corrected chi connectivity index (χ2v) is 7.50. The Hall–Kier alpha value is -2.63. The van der Waals surface area contributed by atoms with Gasteiger partial charge in [0, 0.05) is 17.0 Å². The highest BCUT2D eigenvalue weighted by Gasteiger charge is 2.25. The third-order valence-electron chi connectivity index (χ3n) is 5.30. The quantitative estimate of drug-likeness (QED) is 0.691. The molecule has 0 bridgehead atoms. The van der Waals surface area contributed by atoms with E-state index in [4.69, 9.17) is 11.6 Å². The summed E-state index contributed by atoms with van der Waals surface area (Å²) in [4.78, 5) is 30.0. The van der Waals surface area contributed by atoms with E-state index in [2.05, 4.69) is 15.2 Å². The van der Waals surface area contributed by atoms with Crippen LogP contribution >= 0.6 is 11.6 Å². The first-order valence-corrected chi connectivity index (χ1v) is 9.90. The molecule has 3 aromatic rings. The molecule has 0 radical (unpaired) electrons. The van der Waals surface area contributed by atoms with Crippen molar-refractivity contribution >= 4 is 28.3 Å². The largest absolute Gasteiger partial charge is 0.349 e. The van der Waals surface area contributed by atoms with Crippen molar-refractivity contribution in [1.82, 2.24) is 15.2 Å². The summed E-state index contributed by atoms with van der Waals surface area (Å²) >= 11 is 6.43. The first-order chi connectivity index (χ1) is 13.6. The van der Waals surface area contributed by atoms with Crippen LogP contribution in [0, 0.1) is 0 Å². The molecule has 0 saturated carbocycles. The number of benzene rings is 2. The molecular formula is C22H22ClN3O2. The smallest absolute Gasteiger partial charge is 0.267 e. The summed E-state index contributed by atoms with van der Waals surface area (Å²) in [6, 6.07) is 16.7. The Labute approximate surface area is 168 Å². The summed E-state index contributed by atoms with van der Waals surface area (Å²) in [5, 5.41) is 5.01. The van der Waals surface area contributed by atoms with Crippen molar-refractivity contribution in [2.24, 2.45) is 0 Å². The van der Waals surface area contributed by atoms with Crippen LogP contribution < -0.4 is 10.9 Å². The maximum Gasteiger partial charge on any atom is 0.267 e. The lowest BCUT2D eigenvalue weighted by Crippen LogP contribution is -2.37. The molecule has 2 N–H and O–H groups in total. The van der Waals surface area contributed by atoms with Gasteiger partial charge in [-0.25, -0.2) is 0 Å². The van der Waals surface area contributed by atoms with E-state index in [-0.39, 0.29) is 23.2 Å². The third-order valence-corrected chi connectivity index (χ3v) is 5.64. The fourth-order valence-corrected chi connectivity index (χ4v) is 4.11. The SMILES string of the molecule is O=C(NCC(c1ccccc1Cl)N1CCCC1)c1cc2ccccc2c(=O)[nH]1. The molecule has 6 heteroatoms. The molecule has 1 amide bonds. The number of nitrogens with one attached hydrogen (secondary N) is 2. The van der Waals surface area contributed by atoms with Crippen molar-refractivity contribution in [2.45, 2.75) is 18.9 Å². The van der Waals surface area contributed by atoms with Crippen molar-refractivity contribution in [3.05, 3.63) is 81.2 Å². The molecule has 4 rings (SSSR count). The number of carbonyl (C=O) groups excluding carboxylic acids is 1. The number of hydrogen-bond acceptors (Lipinski definition) is 3. The molecule has 1 atom stereocenters. The topological polar surface area (TPSA) is 65.2 Å². The Kier molecular flexibility index (Phi) is 5.46. The third kappa shape index (κ3) is 3.81. The Morgan fingerprint density at radius 3 is 2.61 bits per heavy atom. The fraction of sp³-hybridized carbons (Fsp3) is 0.273. The van der Waals surface area contributed by atoms with Crippen LogP contribution in [0.3, 0.4) is 0 Å². The van der Waals surface area contributed by atoms with Crippen LogP contribution in [0.4, 0.5) is 0 Å². The Balaban J connectivity index is 1.56. The molecular weight excluding hydrogens is 374 g/mol. The minimum Gasteiger partial charge on any atom is -0.349 e. The van der Waals surface area contributed by atoms with Gasteiger partial charge in [0.1, 0.15) is 5.69 Å². The predicted molar refractivity (Wildman–Crippen MR) is 112 cm³/mol. The van der Waals surface area contributed by atoms with Gasteiger partial charge in [0.25, 0.3) is 11.5 Å². The summed E-state index contributed by atoms with van der Waals surface area (Å²) in [7, 11) is 0. The van der Waals surface area contributed by atoms with Gasteiger partial charge in [0.05, 0.1) is 6.04 Å². The van der Waals surface area contributed by atoms with Gasteiger partial charge in [-0.3, -0.25) is 14.5 Å². The summed E-state index contributed by atoms with van der Waals surface area (Å²) in [5.41, 5.74) is 1.02. The summed E-state index contributed by atoms with van der Waals surface area (Å²) in [6.45, 7) is 2.40. The molecule has 1 saturated heterocycles. The standard InChI is InChI=1S/C22H22ClN3O2/c23-18-10-4-3-9-17(18)20(26-11-5-6-12-26)14-24-22(28)19-13-15-7-1-2-8-16(15)21(27)25-19/h1-4,7-10,13,20H,5-6,11-12,14H2,(H,24,28)(H,25,27). The molecule has 1 fully saturated rings. The minimum absolute atomic E-state index is 0.00679. The van der Waals surface area contributed by atoms with Gasteiger partial charge in [-0.05, 0) is 55.1 Å². The molecule has 5 nitrogen and oxygen atoms in total. The number of fused-ring (bicyclic) bond motifs is 1. The zero-order valence-electron chi connectivity index (χ0n) is 15.5. The van der Waals surface area contributed by atoms with Crippen LogP contribution in [0.15, 0.2) is 59.4 Å². The van der Waals surface area contributed by atoms with Crippen molar-refractivity contribution in [2.75, 3.05) is 19.6 Å². The van der Waals surface area contributed by atoms with Crippen LogP contribution in [-0.2, 0) is 0 Å². The summed E-state index contributed by atoms with van der Waals surface area (Å²) in [5.74, 6) is -0.292. The van der Waals surface area contributed by atoms with Crippen molar-refractivity contribution in [3.8, 4) is 0 Å². The molecule has 2 heterocycles. The number of carbonyl (C=O) groups is 1. The second-order valence-electron chi connectivity index (χ2n) is 7.09. The van der Waals surface area contributed by atoms with E-state index < -0.39 is 0 Å². The summed E-state index contributed by atoms with van der Waals surface area (Å²) in [6.07, 6.45) is 2.29. The van der Waals surface area contributed by atoms with Gasteiger partial charge in [0.15, 0.2) is 0 Å². The highest BCUT2D eigenvalue weighted by Crippen LogP contribution is 2.29. The molecule has 1 aliphatic heterocycles. The van der Waals surface area contributed by atoms with E-state index in [0.29, 0.717) is 17.0 Å². The molecule has 0 aliphatic carbocycles. The van der Waals surface area contributed by atoms with Gasteiger partial charge >= 0.3 is 0 Å². The Morgan fingerprint density at radius 2 is 1.82 bits per heavy atom. The molecule has 2 aromatic carbocycles. The monoisotopic (exact) mass is 395 g/mol. The first-order valence-electron chi connectivity index (χ1n) is 9.52. The van der Waals surface area contributed by atoms with E-state index >= 15 is 0 Å². The number of aromatic nitrogens is 1. The van der Waals surface area contributed by atoms with E-state index in [1.807, 2.05) is 42.5 Å². The normalized spacial score (nSPS) is 15.6. The van der Waals surface area contributed by atoms with Crippen molar-refractivity contribution in [1.29, 1.82) is 0 Å². The van der Waals surface area contributed by atoms with Crippen LogP contribution in [0.5, 0.6) is 0 Å². The zero-order valence-corrected chi connectivity index (χ0v) is 16.2. The van der Waals surface area contributed by atoms with Crippen LogP contribution in [0.1, 0.15) is 34.9 Å². The molecule has 28 heavy (non-hydrogen) atoms. The fourth-order valence-electron chi connectivity index (χ4n) is 3.85. The summed E-state index contributed by atoms with van der Waals surface area (Å²) < 4.78 is 0. The van der Waals surface area contributed by atoms with E-state index in [0.717, 1.165) is 36.9 Å². The molecule has 0 spiro atoms. The van der Waals surface area contributed by atoms with Gasteiger partial charge in [-0.15, -0.1) is 0 Å². The molecule has 1 aromatic heterocycles. The minimum atomic E-state index is -0.292. The number of likely N-dealkylation sites (tertiary alicyclic amines) is 1. The van der Waals surface area contributed by atoms with Crippen LogP contribution in [-0.4, -0.2) is 35.4 Å². The van der Waals surface area contributed by atoms with Gasteiger partial charge < -0.3 is 10.3 Å². The number of H-pyrrole nitrogens is 1. The van der Waals surface area contributed by atoms with E-state index in [1.54, 1.807) is 12.1 Å². The number of nitrogens with zero attached hydrogens (tertiary/aromatic N) is 1. The van der Waals surface area contributed by atoms with Gasteiger partial charge in [0.2, 0.25) is 0 Å². The number of aromatic amines is 1. The average molecular weight is 396 g/mol. The number of halogens is 1.